The number of fused-ring (bicyclic) bond motifs is 1. The van der Waals surface area contributed by atoms with Gasteiger partial charge in [-0.15, -0.1) is 0 Å². The normalized spacial score (nSPS) is 23.2. The van der Waals surface area contributed by atoms with Crippen molar-refractivity contribution in [2.75, 3.05) is 46.2 Å². The van der Waals surface area contributed by atoms with E-state index in [4.69, 9.17) is 14.2 Å². The van der Waals surface area contributed by atoms with Gasteiger partial charge in [-0.3, -0.25) is 14.9 Å². The van der Waals surface area contributed by atoms with Crippen LogP contribution < -0.4 is 9.47 Å². The van der Waals surface area contributed by atoms with Crippen LogP contribution in [0.25, 0.3) is 0 Å². The number of aromatic nitrogens is 2. The Labute approximate surface area is 165 Å². The Kier molecular flexibility index (Phi) is 5.20. The lowest BCUT2D eigenvalue weighted by atomic mass is 9.92. The lowest BCUT2D eigenvalue weighted by Crippen LogP contribution is -2.37. The quantitative estimate of drug-likeness (QED) is 0.854. The minimum atomic E-state index is 0.327. The van der Waals surface area contributed by atoms with E-state index in [2.05, 4.69) is 32.1 Å². The van der Waals surface area contributed by atoms with Gasteiger partial charge in [-0.25, -0.2) is 0 Å². The van der Waals surface area contributed by atoms with E-state index in [1.54, 1.807) is 0 Å². The van der Waals surface area contributed by atoms with Crippen LogP contribution in [0.2, 0.25) is 0 Å². The fourth-order valence-electron chi connectivity index (χ4n) is 4.59. The van der Waals surface area contributed by atoms with Gasteiger partial charge in [0, 0.05) is 55.5 Å². The fourth-order valence-corrected chi connectivity index (χ4v) is 4.59. The lowest BCUT2D eigenvalue weighted by Gasteiger charge is -2.33. The van der Waals surface area contributed by atoms with Crippen LogP contribution in [0.5, 0.6) is 11.5 Å². The minimum absolute atomic E-state index is 0.327. The second-order valence-corrected chi connectivity index (χ2v) is 7.92. The summed E-state index contributed by atoms with van der Waals surface area (Å²) in [6.07, 6.45) is 4.42. The largest absolute Gasteiger partial charge is 0.454 e. The molecule has 3 aliphatic rings. The van der Waals surface area contributed by atoms with E-state index in [0.29, 0.717) is 12.7 Å². The third-order valence-corrected chi connectivity index (χ3v) is 6.03. The van der Waals surface area contributed by atoms with Crippen molar-refractivity contribution in [3.8, 4) is 11.5 Å². The summed E-state index contributed by atoms with van der Waals surface area (Å²) in [7, 11) is 0. The van der Waals surface area contributed by atoms with E-state index < -0.39 is 0 Å². The number of nitrogens with one attached hydrogen (secondary N) is 1. The van der Waals surface area contributed by atoms with Gasteiger partial charge in [-0.1, -0.05) is 12.1 Å². The zero-order chi connectivity index (χ0) is 18.8. The molecule has 2 fully saturated rings. The van der Waals surface area contributed by atoms with E-state index in [1.165, 1.54) is 29.7 Å². The number of nitrogens with zero attached hydrogens (tertiary/aromatic N) is 3. The van der Waals surface area contributed by atoms with Gasteiger partial charge in [0.05, 0.1) is 19.4 Å². The molecular weight excluding hydrogens is 356 g/mol. The number of hydrogen-bond donors (Lipinski definition) is 1. The number of piperidine rings is 1. The second kappa shape index (κ2) is 8.11. The molecule has 2 saturated heterocycles. The number of hydrogen-bond acceptors (Lipinski definition) is 6. The van der Waals surface area contributed by atoms with Gasteiger partial charge in [0.15, 0.2) is 11.5 Å². The zero-order valence-corrected chi connectivity index (χ0v) is 16.2. The molecule has 0 saturated carbocycles. The van der Waals surface area contributed by atoms with Crippen molar-refractivity contribution in [1.82, 2.24) is 20.0 Å². The predicted molar refractivity (Wildman–Crippen MR) is 105 cm³/mol. The van der Waals surface area contributed by atoms with Crippen LogP contribution in [-0.2, 0) is 17.8 Å². The highest BCUT2D eigenvalue weighted by Crippen LogP contribution is 2.37. The van der Waals surface area contributed by atoms with Gasteiger partial charge >= 0.3 is 0 Å². The van der Waals surface area contributed by atoms with Crippen molar-refractivity contribution in [3.05, 3.63) is 41.2 Å². The Bertz CT molecular complexity index is 803. The van der Waals surface area contributed by atoms with Crippen LogP contribution in [0.4, 0.5) is 0 Å². The van der Waals surface area contributed by atoms with E-state index in [1.807, 2.05) is 12.3 Å². The fraction of sp³-hybridized carbons (Fsp3) is 0.571. The third-order valence-electron chi connectivity index (χ3n) is 6.03. The summed E-state index contributed by atoms with van der Waals surface area (Å²) in [5.74, 6) is 2.29. The number of aromatic amines is 1. The van der Waals surface area contributed by atoms with Gasteiger partial charge in [0.2, 0.25) is 6.79 Å². The average Bonchev–Trinajstić information content (AvgIpc) is 3.39. The van der Waals surface area contributed by atoms with Crippen LogP contribution in [0, 0.1) is 0 Å². The van der Waals surface area contributed by atoms with E-state index >= 15 is 0 Å². The Morgan fingerprint density at radius 1 is 1.04 bits per heavy atom. The number of ether oxygens (including phenoxy) is 3. The van der Waals surface area contributed by atoms with Crippen molar-refractivity contribution in [2.24, 2.45) is 0 Å². The molecule has 0 radical (unpaired) electrons. The monoisotopic (exact) mass is 384 g/mol. The van der Waals surface area contributed by atoms with Gasteiger partial charge < -0.3 is 14.2 Å². The molecule has 7 nitrogen and oxygen atoms in total. The first-order valence-electron chi connectivity index (χ1n) is 10.3. The summed E-state index contributed by atoms with van der Waals surface area (Å²) >= 11 is 0. The number of H-pyrrole nitrogens is 1. The highest BCUT2D eigenvalue weighted by atomic mass is 16.7. The van der Waals surface area contributed by atoms with E-state index in [9.17, 15) is 0 Å². The molecule has 7 heteroatoms. The zero-order valence-electron chi connectivity index (χ0n) is 16.2. The molecule has 3 aliphatic heterocycles. The molecule has 1 atom stereocenters. The van der Waals surface area contributed by atoms with Gasteiger partial charge in [-0.2, -0.15) is 5.10 Å². The van der Waals surface area contributed by atoms with Crippen molar-refractivity contribution >= 4 is 0 Å². The summed E-state index contributed by atoms with van der Waals surface area (Å²) in [5, 5.41) is 7.69. The van der Waals surface area contributed by atoms with Crippen molar-refractivity contribution in [3.63, 3.8) is 0 Å². The standard InChI is InChI=1S/C21H28N4O3/c1-3-17(21-19(5-1)27-15-28-21)13-25-6-2-4-16(12-25)20-18(11-22-23-20)14-24-7-9-26-10-8-24/h1,3,5,11,16H,2,4,6-10,12-15H2,(H,22,23)/t16-/m1/s1. The minimum Gasteiger partial charge on any atom is -0.454 e. The summed E-state index contributed by atoms with van der Waals surface area (Å²) in [6.45, 7) is 8.02. The molecular formula is C21H28N4O3. The Balaban J connectivity index is 1.26. The number of benzene rings is 1. The summed E-state index contributed by atoms with van der Waals surface area (Å²) in [6, 6.07) is 6.18. The number of likely N-dealkylation sites (tertiary alicyclic amines) is 1. The Morgan fingerprint density at radius 3 is 2.86 bits per heavy atom. The molecule has 1 N–H and O–H groups in total. The predicted octanol–water partition coefficient (Wildman–Crippen LogP) is 2.35. The first kappa shape index (κ1) is 18.0. The van der Waals surface area contributed by atoms with Crippen LogP contribution in [-0.4, -0.2) is 66.2 Å². The third kappa shape index (κ3) is 3.74. The van der Waals surface area contributed by atoms with Crippen LogP contribution in [0.1, 0.15) is 35.6 Å². The summed E-state index contributed by atoms with van der Waals surface area (Å²) in [5.41, 5.74) is 3.87. The van der Waals surface area contributed by atoms with E-state index in [0.717, 1.165) is 64.0 Å². The lowest BCUT2D eigenvalue weighted by molar-refractivity contribution is 0.0339. The highest BCUT2D eigenvalue weighted by molar-refractivity contribution is 5.48. The SMILES string of the molecule is c1cc(CN2CCC[C@@H](c3[nH]ncc3CN3CCOCC3)C2)c2c(c1)OCO2. The molecule has 4 heterocycles. The Morgan fingerprint density at radius 2 is 1.93 bits per heavy atom. The van der Waals surface area contributed by atoms with Crippen LogP contribution in [0.3, 0.4) is 0 Å². The maximum Gasteiger partial charge on any atom is 0.231 e. The average molecular weight is 384 g/mol. The molecule has 0 bridgehead atoms. The van der Waals surface area contributed by atoms with Crippen LogP contribution >= 0.6 is 0 Å². The molecule has 150 valence electrons. The molecule has 0 aliphatic carbocycles. The number of morpholine rings is 1. The number of para-hydroxylation sites is 1. The maximum atomic E-state index is 5.69. The van der Waals surface area contributed by atoms with Crippen molar-refractivity contribution in [2.45, 2.75) is 31.8 Å². The van der Waals surface area contributed by atoms with Crippen molar-refractivity contribution in [1.29, 1.82) is 0 Å². The summed E-state index contributed by atoms with van der Waals surface area (Å²) < 4.78 is 16.7. The molecule has 0 unspecified atom stereocenters. The summed E-state index contributed by atoms with van der Waals surface area (Å²) in [4.78, 5) is 4.99. The molecule has 5 rings (SSSR count). The smallest absolute Gasteiger partial charge is 0.231 e. The molecule has 1 aromatic carbocycles. The second-order valence-electron chi connectivity index (χ2n) is 7.92. The van der Waals surface area contributed by atoms with Gasteiger partial charge in [-0.05, 0) is 25.5 Å². The molecule has 0 spiro atoms. The molecule has 28 heavy (non-hydrogen) atoms. The molecule has 2 aromatic rings. The first-order valence-corrected chi connectivity index (χ1v) is 10.3. The Hall–Kier alpha value is -2.09. The van der Waals surface area contributed by atoms with Gasteiger partial charge in [0.25, 0.3) is 0 Å². The van der Waals surface area contributed by atoms with Crippen LogP contribution in [0.15, 0.2) is 24.4 Å². The number of rotatable bonds is 5. The highest BCUT2D eigenvalue weighted by Gasteiger charge is 2.27. The first-order chi connectivity index (χ1) is 13.9. The van der Waals surface area contributed by atoms with E-state index in [-0.39, 0.29) is 0 Å². The van der Waals surface area contributed by atoms with Gasteiger partial charge in [0.1, 0.15) is 0 Å². The maximum absolute atomic E-state index is 5.69. The van der Waals surface area contributed by atoms with Crippen molar-refractivity contribution < 1.29 is 14.2 Å². The molecule has 0 amide bonds. The molecule has 1 aromatic heterocycles. The topological polar surface area (TPSA) is 62.9 Å².